The molecule has 0 aromatic heterocycles. The molecule has 0 aromatic carbocycles. The Kier molecular flexibility index (Phi) is 15.6. The molecule has 3 nitrogen and oxygen atoms in total. The van der Waals surface area contributed by atoms with Crippen LogP contribution in [0, 0.1) is 18.8 Å². The molecule has 0 aliphatic heterocycles. The Morgan fingerprint density at radius 2 is 1.14 bits per heavy atom. The second kappa shape index (κ2) is 16.4. The summed E-state index contributed by atoms with van der Waals surface area (Å²) in [4.78, 5) is 32.0. The van der Waals surface area contributed by atoms with Crippen molar-refractivity contribution in [1.29, 1.82) is 0 Å². The number of hydrogen-bond donors (Lipinski definition) is 0. The number of carbonyl (C=O) groups is 3. The first kappa shape index (κ1) is 21.0. The van der Waals surface area contributed by atoms with Crippen molar-refractivity contribution in [2.24, 2.45) is 11.8 Å². The maximum atomic E-state index is 11.1. The van der Waals surface area contributed by atoms with Crippen LogP contribution in [0.1, 0.15) is 83.5 Å². The minimum absolute atomic E-state index is 0.0616. The molecule has 2 unspecified atom stereocenters. The Morgan fingerprint density at radius 1 is 0.636 bits per heavy atom. The van der Waals surface area contributed by atoms with Crippen molar-refractivity contribution in [1.82, 2.24) is 0 Å². The quantitative estimate of drug-likeness (QED) is 0.288. The molecule has 0 saturated carbocycles. The third-order valence-corrected chi connectivity index (χ3v) is 4.30. The van der Waals surface area contributed by atoms with Gasteiger partial charge in [0.15, 0.2) is 0 Å². The van der Waals surface area contributed by atoms with E-state index in [1.807, 2.05) is 0 Å². The number of unbranched alkanes of at least 4 members (excludes halogenated alkanes) is 7. The molecule has 2 atom stereocenters. The van der Waals surface area contributed by atoms with E-state index in [-0.39, 0.29) is 11.8 Å². The van der Waals surface area contributed by atoms with Crippen LogP contribution in [0.5, 0.6) is 0 Å². The van der Waals surface area contributed by atoms with Crippen molar-refractivity contribution in [2.75, 3.05) is 0 Å². The highest BCUT2D eigenvalue weighted by molar-refractivity contribution is 5.54. The van der Waals surface area contributed by atoms with Gasteiger partial charge in [-0.05, 0) is 32.1 Å². The van der Waals surface area contributed by atoms with Gasteiger partial charge in [-0.2, -0.15) is 0 Å². The van der Waals surface area contributed by atoms with Gasteiger partial charge in [0.25, 0.3) is 0 Å². The minimum Gasteiger partial charge on any atom is -0.303 e. The molecule has 0 rings (SSSR count). The molecular formula is C19H33O3. The van der Waals surface area contributed by atoms with E-state index < -0.39 is 0 Å². The van der Waals surface area contributed by atoms with Crippen LogP contribution >= 0.6 is 0 Å². The standard InChI is InChI=1S/C19H33O3/c1-2-18(16-21)13-11-14-19(17-22)12-9-7-5-3-4-6-8-10-15-20/h15-19H,1-14H2. The van der Waals surface area contributed by atoms with Crippen LogP contribution in [-0.2, 0) is 14.4 Å². The summed E-state index contributed by atoms with van der Waals surface area (Å²) in [5.41, 5.74) is 0. The molecule has 0 fully saturated rings. The van der Waals surface area contributed by atoms with E-state index in [1.54, 1.807) is 0 Å². The normalized spacial score (nSPS) is 13.5. The summed E-state index contributed by atoms with van der Waals surface area (Å²) in [5, 5.41) is 0. The van der Waals surface area contributed by atoms with Gasteiger partial charge in [0.05, 0.1) is 0 Å². The number of rotatable bonds is 17. The molecule has 1 radical (unpaired) electrons. The maximum Gasteiger partial charge on any atom is 0.123 e. The van der Waals surface area contributed by atoms with Crippen molar-refractivity contribution in [3.05, 3.63) is 6.92 Å². The Morgan fingerprint density at radius 3 is 1.68 bits per heavy atom. The van der Waals surface area contributed by atoms with Crippen molar-refractivity contribution >= 4 is 18.9 Å². The largest absolute Gasteiger partial charge is 0.303 e. The van der Waals surface area contributed by atoms with E-state index in [4.69, 9.17) is 0 Å². The van der Waals surface area contributed by atoms with Crippen LogP contribution in [0.15, 0.2) is 0 Å². The summed E-state index contributed by atoms with van der Waals surface area (Å²) in [6.07, 6.45) is 16.2. The Labute approximate surface area is 136 Å². The van der Waals surface area contributed by atoms with E-state index in [2.05, 4.69) is 6.92 Å². The Bertz CT molecular complexity index is 276. The third-order valence-electron chi connectivity index (χ3n) is 4.30. The smallest absolute Gasteiger partial charge is 0.123 e. The van der Waals surface area contributed by atoms with E-state index >= 15 is 0 Å². The molecule has 0 saturated heterocycles. The SMILES string of the molecule is [CH2]CC(C=O)CCCC(C=O)CCCCCCCCCC=O. The minimum atomic E-state index is 0.0616. The number of hydrogen-bond acceptors (Lipinski definition) is 3. The van der Waals surface area contributed by atoms with Gasteiger partial charge in [-0.3, -0.25) is 0 Å². The summed E-state index contributed by atoms with van der Waals surface area (Å²) >= 11 is 0. The van der Waals surface area contributed by atoms with E-state index in [0.717, 1.165) is 63.8 Å². The van der Waals surface area contributed by atoms with Crippen LogP contribution in [0.4, 0.5) is 0 Å². The second-order valence-electron chi connectivity index (χ2n) is 6.23. The van der Waals surface area contributed by atoms with E-state index in [0.29, 0.717) is 12.8 Å². The predicted molar refractivity (Wildman–Crippen MR) is 90.6 cm³/mol. The van der Waals surface area contributed by atoms with Crippen LogP contribution < -0.4 is 0 Å². The van der Waals surface area contributed by atoms with Crippen LogP contribution in [-0.4, -0.2) is 18.9 Å². The van der Waals surface area contributed by atoms with Crippen molar-refractivity contribution in [3.8, 4) is 0 Å². The highest BCUT2D eigenvalue weighted by atomic mass is 16.1. The molecular weight excluding hydrogens is 276 g/mol. The summed E-state index contributed by atoms with van der Waals surface area (Å²) < 4.78 is 0. The van der Waals surface area contributed by atoms with Gasteiger partial charge in [-0.15, -0.1) is 0 Å². The van der Waals surface area contributed by atoms with Gasteiger partial charge in [-0.1, -0.05) is 51.9 Å². The van der Waals surface area contributed by atoms with Gasteiger partial charge in [0, 0.05) is 18.3 Å². The fraction of sp³-hybridized carbons (Fsp3) is 0.789. The highest BCUT2D eigenvalue weighted by Crippen LogP contribution is 2.18. The predicted octanol–water partition coefficient (Wildman–Crippen LogP) is 4.72. The Hall–Kier alpha value is -0.990. The first-order valence-corrected chi connectivity index (χ1v) is 8.92. The highest BCUT2D eigenvalue weighted by Gasteiger charge is 2.09. The van der Waals surface area contributed by atoms with Crippen LogP contribution in [0.3, 0.4) is 0 Å². The summed E-state index contributed by atoms with van der Waals surface area (Å²) in [6, 6.07) is 0. The molecule has 0 aliphatic rings. The molecule has 0 amide bonds. The lowest BCUT2D eigenvalue weighted by Crippen LogP contribution is -2.05. The molecule has 0 N–H and O–H groups in total. The van der Waals surface area contributed by atoms with Gasteiger partial charge in [0.1, 0.15) is 18.9 Å². The Balaban J connectivity index is 3.47. The zero-order valence-corrected chi connectivity index (χ0v) is 14.0. The average molecular weight is 309 g/mol. The molecule has 0 aliphatic carbocycles. The van der Waals surface area contributed by atoms with Crippen molar-refractivity contribution in [3.63, 3.8) is 0 Å². The average Bonchev–Trinajstić information content (AvgIpc) is 2.55. The summed E-state index contributed by atoms with van der Waals surface area (Å²) in [5.74, 6) is 0.219. The van der Waals surface area contributed by atoms with Crippen LogP contribution in [0.25, 0.3) is 0 Å². The lowest BCUT2D eigenvalue weighted by atomic mass is 9.93. The molecule has 127 valence electrons. The molecule has 0 aromatic rings. The molecule has 0 bridgehead atoms. The second-order valence-corrected chi connectivity index (χ2v) is 6.23. The lowest BCUT2D eigenvalue weighted by Gasteiger charge is -2.11. The summed E-state index contributed by atoms with van der Waals surface area (Å²) in [7, 11) is 0. The topological polar surface area (TPSA) is 51.2 Å². The molecule has 0 spiro atoms. The maximum absolute atomic E-state index is 11.1. The molecule has 0 heterocycles. The first-order valence-electron chi connectivity index (χ1n) is 8.92. The number of carbonyl (C=O) groups excluding carboxylic acids is 3. The van der Waals surface area contributed by atoms with Gasteiger partial charge in [-0.25, -0.2) is 0 Å². The van der Waals surface area contributed by atoms with Gasteiger partial charge in [0.2, 0.25) is 0 Å². The van der Waals surface area contributed by atoms with Gasteiger partial charge >= 0.3 is 0 Å². The van der Waals surface area contributed by atoms with E-state index in [9.17, 15) is 14.4 Å². The summed E-state index contributed by atoms with van der Waals surface area (Å²) in [6.45, 7) is 3.76. The fourth-order valence-electron chi connectivity index (χ4n) is 2.72. The monoisotopic (exact) mass is 309 g/mol. The zero-order valence-electron chi connectivity index (χ0n) is 14.0. The zero-order chi connectivity index (χ0) is 16.5. The van der Waals surface area contributed by atoms with Crippen molar-refractivity contribution < 1.29 is 14.4 Å². The van der Waals surface area contributed by atoms with E-state index in [1.165, 1.54) is 25.7 Å². The lowest BCUT2D eigenvalue weighted by molar-refractivity contribution is -0.111. The van der Waals surface area contributed by atoms with Gasteiger partial charge < -0.3 is 14.4 Å². The molecule has 3 heteroatoms. The first-order chi connectivity index (χ1) is 10.8. The number of aldehydes is 3. The third kappa shape index (κ3) is 12.7. The van der Waals surface area contributed by atoms with Crippen molar-refractivity contribution in [2.45, 2.75) is 83.5 Å². The molecule has 22 heavy (non-hydrogen) atoms. The fourth-order valence-corrected chi connectivity index (χ4v) is 2.72. The van der Waals surface area contributed by atoms with Crippen LogP contribution in [0.2, 0.25) is 0 Å².